The Balaban J connectivity index is 1.86. The van der Waals surface area contributed by atoms with Crippen LogP contribution in [0.1, 0.15) is 46.0 Å². The summed E-state index contributed by atoms with van der Waals surface area (Å²) in [6.45, 7) is 5.02. The highest BCUT2D eigenvalue weighted by Crippen LogP contribution is 2.28. The van der Waals surface area contributed by atoms with Crippen molar-refractivity contribution in [3.05, 3.63) is 0 Å². The van der Waals surface area contributed by atoms with Gasteiger partial charge in [-0.1, -0.05) is 6.92 Å². The molecule has 1 aliphatic carbocycles. The van der Waals surface area contributed by atoms with Crippen LogP contribution in [0.2, 0.25) is 0 Å². The Bertz CT molecular complexity index is 296. The average Bonchev–Trinajstić information content (AvgIpc) is 2.32. The Hall–Kier alpha value is -0.610. The van der Waals surface area contributed by atoms with Crippen LogP contribution in [0.15, 0.2) is 0 Å². The molecular weight excluding hydrogens is 228 g/mol. The highest BCUT2D eigenvalue weighted by molar-refractivity contribution is 5.79. The lowest BCUT2D eigenvalue weighted by Gasteiger charge is -2.34. The SMILES string of the molecule is CC1CCC(N)C(C(=O)NC2CCOC(C)C2)C1. The number of ether oxygens (including phenoxy) is 1. The van der Waals surface area contributed by atoms with Crippen molar-refractivity contribution in [3.63, 3.8) is 0 Å². The van der Waals surface area contributed by atoms with Crippen molar-refractivity contribution >= 4 is 5.91 Å². The number of carbonyl (C=O) groups is 1. The zero-order valence-corrected chi connectivity index (χ0v) is 11.5. The van der Waals surface area contributed by atoms with E-state index in [9.17, 15) is 4.79 Å². The second-order valence-electron chi connectivity index (χ2n) is 6.10. The minimum absolute atomic E-state index is 0.00639. The normalized spacial score (nSPS) is 41.4. The van der Waals surface area contributed by atoms with E-state index in [1.165, 1.54) is 0 Å². The molecule has 104 valence electrons. The summed E-state index contributed by atoms with van der Waals surface area (Å²) < 4.78 is 5.50. The van der Waals surface area contributed by atoms with Crippen LogP contribution in [0.3, 0.4) is 0 Å². The number of rotatable bonds is 2. The average molecular weight is 254 g/mol. The van der Waals surface area contributed by atoms with E-state index in [1.807, 2.05) is 0 Å². The maximum absolute atomic E-state index is 12.3. The Labute approximate surface area is 110 Å². The maximum Gasteiger partial charge on any atom is 0.224 e. The standard InChI is InChI=1S/C14H26N2O2/c1-9-3-4-13(15)12(7-9)14(17)16-11-5-6-18-10(2)8-11/h9-13H,3-8,15H2,1-2H3,(H,16,17). The van der Waals surface area contributed by atoms with Gasteiger partial charge in [-0.2, -0.15) is 0 Å². The molecule has 5 atom stereocenters. The summed E-state index contributed by atoms with van der Waals surface area (Å²) in [5.74, 6) is 0.786. The molecule has 0 aromatic heterocycles. The zero-order valence-electron chi connectivity index (χ0n) is 11.5. The monoisotopic (exact) mass is 254 g/mol. The molecule has 4 nitrogen and oxygen atoms in total. The highest BCUT2D eigenvalue weighted by atomic mass is 16.5. The minimum Gasteiger partial charge on any atom is -0.378 e. The van der Waals surface area contributed by atoms with Gasteiger partial charge < -0.3 is 15.8 Å². The predicted molar refractivity (Wildman–Crippen MR) is 71.1 cm³/mol. The molecule has 0 bridgehead atoms. The molecule has 4 heteroatoms. The Morgan fingerprint density at radius 1 is 1.22 bits per heavy atom. The summed E-state index contributed by atoms with van der Waals surface area (Å²) in [4.78, 5) is 12.3. The number of hydrogen-bond acceptors (Lipinski definition) is 3. The third-order valence-electron chi connectivity index (χ3n) is 4.33. The lowest BCUT2D eigenvalue weighted by molar-refractivity contribution is -0.128. The third-order valence-corrected chi connectivity index (χ3v) is 4.33. The molecule has 1 saturated carbocycles. The number of nitrogens with one attached hydrogen (secondary N) is 1. The number of carbonyl (C=O) groups excluding carboxylic acids is 1. The molecule has 0 spiro atoms. The minimum atomic E-state index is 0.00639. The predicted octanol–water partition coefficient (Wildman–Crippen LogP) is 1.43. The van der Waals surface area contributed by atoms with Gasteiger partial charge in [0, 0.05) is 18.7 Å². The molecule has 5 unspecified atom stereocenters. The van der Waals surface area contributed by atoms with Gasteiger partial charge in [-0.3, -0.25) is 4.79 Å². The molecule has 1 saturated heterocycles. The van der Waals surface area contributed by atoms with Gasteiger partial charge in [0.05, 0.1) is 12.0 Å². The zero-order chi connectivity index (χ0) is 13.1. The van der Waals surface area contributed by atoms with Gasteiger partial charge >= 0.3 is 0 Å². The molecule has 2 aliphatic rings. The fourth-order valence-electron chi connectivity index (χ4n) is 3.14. The Morgan fingerprint density at radius 2 is 2.00 bits per heavy atom. The van der Waals surface area contributed by atoms with Gasteiger partial charge in [0.15, 0.2) is 0 Å². The van der Waals surface area contributed by atoms with Crippen LogP contribution in [0.4, 0.5) is 0 Å². The molecule has 0 aromatic rings. The summed E-state index contributed by atoms with van der Waals surface area (Å²) in [7, 11) is 0. The van der Waals surface area contributed by atoms with Crippen LogP contribution >= 0.6 is 0 Å². The molecule has 0 radical (unpaired) electrons. The molecule has 3 N–H and O–H groups in total. The largest absolute Gasteiger partial charge is 0.378 e. The Kier molecular flexibility index (Phi) is 4.62. The first-order chi connectivity index (χ1) is 8.56. The number of nitrogens with two attached hydrogens (primary N) is 1. The first kappa shape index (κ1) is 13.8. The van der Waals surface area contributed by atoms with Crippen molar-refractivity contribution in [1.82, 2.24) is 5.32 Å². The fourth-order valence-corrected chi connectivity index (χ4v) is 3.14. The molecule has 1 heterocycles. The van der Waals surface area contributed by atoms with Gasteiger partial charge in [-0.25, -0.2) is 0 Å². The van der Waals surface area contributed by atoms with E-state index in [-0.39, 0.29) is 30.0 Å². The van der Waals surface area contributed by atoms with Crippen LogP contribution in [0.5, 0.6) is 0 Å². The summed E-state index contributed by atoms with van der Waals surface area (Å²) in [6.07, 6.45) is 5.16. The molecule has 0 aromatic carbocycles. The van der Waals surface area contributed by atoms with Crippen molar-refractivity contribution in [3.8, 4) is 0 Å². The lowest BCUT2D eigenvalue weighted by Crippen LogP contribution is -2.49. The van der Waals surface area contributed by atoms with Crippen LogP contribution in [0.25, 0.3) is 0 Å². The smallest absolute Gasteiger partial charge is 0.224 e. The third kappa shape index (κ3) is 3.45. The Morgan fingerprint density at radius 3 is 2.72 bits per heavy atom. The van der Waals surface area contributed by atoms with E-state index in [1.54, 1.807) is 0 Å². The molecular formula is C14H26N2O2. The first-order valence-corrected chi connectivity index (χ1v) is 7.23. The number of hydrogen-bond donors (Lipinski definition) is 2. The van der Waals surface area contributed by atoms with Gasteiger partial charge in [0.25, 0.3) is 0 Å². The van der Waals surface area contributed by atoms with Crippen molar-refractivity contribution in [2.75, 3.05) is 6.61 Å². The van der Waals surface area contributed by atoms with Gasteiger partial charge in [-0.15, -0.1) is 0 Å². The molecule has 1 aliphatic heterocycles. The van der Waals surface area contributed by atoms with Crippen molar-refractivity contribution in [1.29, 1.82) is 0 Å². The molecule has 1 amide bonds. The molecule has 18 heavy (non-hydrogen) atoms. The topological polar surface area (TPSA) is 64.4 Å². The number of amides is 1. The van der Waals surface area contributed by atoms with Gasteiger partial charge in [0.1, 0.15) is 0 Å². The second-order valence-corrected chi connectivity index (χ2v) is 6.10. The van der Waals surface area contributed by atoms with Crippen molar-refractivity contribution in [2.45, 2.75) is 64.1 Å². The van der Waals surface area contributed by atoms with E-state index in [4.69, 9.17) is 10.5 Å². The van der Waals surface area contributed by atoms with E-state index in [0.717, 1.165) is 38.7 Å². The van der Waals surface area contributed by atoms with Crippen LogP contribution in [-0.4, -0.2) is 30.7 Å². The van der Waals surface area contributed by atoms with E-state index < -0.39 is 0 Å². The van der Waals surface area contributed by atoms with Crippen molar-refractivity contribution in [2.24, 2.45) is 17.6 Å². The first-order valence-electron chi connectivity index (χ1n) is 7.23. The van der Waals surface area contributed by atoms with Gasteiger partial charge in [-0.05, 0) is 44.9 Å². The molecule has 2 rings (SSSR count). The quantitative estimate of drug-likeness (QED) is 0.783. The lowest BCUT2D eigenvalue weighted by atomic mass is 9.78. The maximum atomic E-state index is 12.3. The van der Waals surface area contributed by atoms with E-state index >= 15 is 0 Å². The summed E-state index contributed by atoms with van der Waals surface area (Å²) in [5.41, 5.74) is 6.09. The highest BCUT2D eigenvalue weighted by Gasteiger charge is 2.33. The van der Waals surface area contributed by atoms with Crippen molar-refractivity contribution < 1.29 is 9.53 Å². The summed E-state index contributed by atoms with van der Waals surface area (Å²) >= 11 is 0. The van der Waals surface area contributed by atoms with E-state index in [2.05, 4.69) is 19.2 Å². The van der Waals surface area contributed by atoms with Crippen LogP contribution in [-0.2, 0) is 9.53 Å². The second kappa shape index (κ2) is 6.02. The molecule has 2 fully saturated rings. The van der Waals surface area contributed by atoms with Crippen LogP contribution in [0, 0.1) is 11.8 Å². The summed E-state index contributed by atoms with van der Waals surface area (Å²) in [6, 6.07) is 0.309. The van der Waals surface area contributed by atoms with Crippen LogP contribution < -0.4 is 11.1 Å². The van der Waals surface area contributed by atoms with Gasteiger partial charge in [0.2, 0.25) is 5.91 Å². The summed E-state index contributed by atoms with van der Waals surface area (Å²) in [5, 5.41) is 3.17. The fraction of sp³-hybridized carbons (Fsp3) is 0.929. The van der Waals surface area contributed by atoms with E-state index in [0.29, 0.717) is 5.92 Å².